The number of anilines is 1. The zero-order valence-electron chi connectivity index (χ0n) is 16.3. The average molecular weight is 441 g/mol. The maximum atomic E-state index is 12.4. The number of amides is 1. The number of halogens is 1. The van der Waals surface area contributed by atoms with Crippen molar-refractivity contribution >= 4 is 39.2 Å². The lowest BCUT2D eigenvalue weighted by Gasteiger charge is -2.16. The highest BCUT2D eigenvalue weighted by atomic mass is 35.5. The molecule has 2 rings (SSSR count). The minimum absolute atomic E-state index is 0.0273. The van der Waals surface area contributed by atoms with Crippen molar-refractivity contribution in [2.45, 2.75) is 17.9 Å². The predicted molar refractivity (Wildman–Crippen MR) is 109 cm³/mol. The molecule has 0 aliphatic carbocycles. The smallest absolute Gasteiger partial charge is 0.338 e. The number of methoxy groups -OCH3 is 1. The number of hydrogen-bond acceptors (Lipinski definition) is 6. The van der Waals surface area contributed by atoms with E-state index in [-0.39, 0.29) is 15.5 Å². The molecule has 2 aromatic carbocycles. The first-order chi connectivity index (χ1) is 13.6. The molecule has 8 nitrogen and oxygen atoms in total. The van der Waals surface area contributed by atoms with Crippen LogP contribution in [0.2, 0.25) is 5.02 Å². The van der Waals surface area contributed by atoms with Gasteiger partial charge in [-0.05, 0) is 49.4 Å². The van der Waals surface area contributed by atoms with E-state index in [1.54, 1.807) is 24.3 Å². The number of benzene rings is 2. The van der Waals surface area contributed by atoms with E-state index in [1.165, 1.54) is 40.3 Å². The molecule has 0 aliphatic rings. The third-order valence-electron chi connectivity index (χ3n) is 3.94. The van der Waals surface area contributed by atoms with E-state index in [0.29, 0.717) is 11.4 Å². The molecule has 2 aromatic rings. The van der Waals surface area contributed by atoms with Crippen LogP contribution in [0.1, 0.15) is 17.3 Å². The first kappa shape index (κ1) is 22.7. The summed E-state index contributed by atoms with van der Waals surface area (Å²) >= 11 is 5.97. The summed E-state index contributed by atoms with van der Waals surface area (Å²) in [5.41, 5.74) is 0.462. The first-order valence-corrected chi connectivity index (χ1v) is 10.3. The van der Waals surface area contributed by atoms with Crippen molar-refractivity contribution in [2.24, 2.45) is 0 Å². The third-order valence-corrected chi connectivity index (χ3v) is 6.23. The van der Waals surface area contributed by atoms with Crippen LogP contribution in [0.25, 0.3) is 0 Å². The molecular weight excluding hydrogens is 420 g/mol. The molecule has 0 saturated carbocycles. The predicted octanol–water partition coefficient (Wildman–Crippen LogP) is 2.78. The van der Waals surface area contributed by atoms with Crippen molar-refractivity contribution in [3.8, 4) is 5.75 Å². The molecule has 0 aliphatic heterocycles. The summed E-state index contributed by atoms with van der Waals surface area (Å²) in [6.07, 6.45) is -1.12. The minimum Gasteiger partial charge on any atom is -0.497 e. The highest BCUT2D eigenvalue weighted by Gasteiger charge is 2.24. The molecule has 10 heteroatoms. The van der Waals surface area contributed by atoms with E-state index in [1.807, 2.05) is 0 Å². The Morgan fingerprint density at radius 2 is 1.72 bits per heavy atom. The van der Waals surface area contributed by atoms with Crippen molar-refractivity contribution in [3.63, 3.8) is 0 Å². The highest BCUT2D eigenvalue weighted by molar-refractivity contribution is 7.89. The Labute approximate surface area is 174 Å². The topological polar surface area (TPSA) is 102 Å². The minimum atomic E-state index is -3.85. The van der Waals surface area contributed by atoms with Gasteiger partial charge in [-0.15, -0.1) is 0 Å². The maximum Gasteiger partial charge on any atom is 0.338 e. The summed E-state index contributed by atoms with van der Waals surface area (Å²) in [4.78, 5) is 24.4. The van der Waals surface area contributed by atoms with Crippen molar-refractivity contribution in [1.82, 2.24) is 4.31 Å². The zero-order valence-corrected chi connectivity index (χ0v) is 17.9. The number of nitrogens with one attached hydrogen (secondary N) is 1. The number of ether oxygens (including phenoxy) is 2. The summed E-state index contributed by atoms with van der Waals surface area (Å²) in [7, 11) is 0.377. The Kier molecular flexibility index (Phi) is 7.23. The van der Waals surface area contributed by atoms with Crippen LogP contribution in [0.3, 0.4) is 0 Å². The van der Waals surface area contributed by atoms with Crippen LogP contribution in [0, 0.1) is 0 Å². The van der Waals surface area contributed by atoms with Gasteiger partial charge >= 0.3 is 5.97 Å². The Morgan fingerprint density at radius 1 is 1.10 bits per heavy atom. The van der Waals surface area contributed by atoms with Crippen LogP contribution in [-0.4, -0.2) is 51.9 Å². The molecule has 1 unspecified atom stereocenters. The summed E-state index contributed by atoms with van der Waals surface area (Å²) in [6, 6.07) is 10.4. The molecule has 0 spiro atoms. The number of nitrogens with zero attached hydrogens (tertiary/aromatic N) is 1. The van der Waals surface area contributed by atoms with E-state index >= 15 is 0 Å². The summed E-state index contributed by atoms with van der Waals surface area (Å²) in [6.45, 7) is 1.41. The van der Waals surface area contributed by atoms with Crippen LogP contribution in [-0.2, 0) is 19.6 Å². The second-order valence-electron chi connectivity index (χ2n) is 6.20. The largest absolute Gasteiger partial charge is 0.497 e. The standard InChI is InChI=1S/C19H21ClN2O6S/c1-12(18(23)21-14-6-8-15(27-4)9-7-14)28-19(24)13-5-10-16(20)17(11-13)29(25,26)22(2)3/h5-12H,1-4H3,(H,21,23). The maximum absolute atomic E-state index is 12.4. The Morgan fingerprint density at radius 3 is 2.28 bits per heavy atom. The zero-order chi connectivity index (χ0) is 21.8. The van der Waals surface area contributed by atoms with Gasteiger partial charge in [0.15, 0.2) is 6.10 Å². The van der Waals surface area contributed by atoms with Gasteiger partial charge in [0.1, 0.15) is 10.6 Å². The van der Waals surface area contributed by atoms with Crippen molar-refractivity contribution in [3.05, 3.63) is 53.1 Å². The molecule has 156 valence electrons. The number of rotatable bonds is 7. The molecule has 0 heterocycles. The fraction of sp³-hybridized carbons (Fsp3) is 0.263. The van der Waals surface area contributed by atoms with Gasteiger partial charge in [0.05, 0.1) is 17.7 Å². The number of carbonyl (C=O) groups excluding carboxylic acids is 2. The van der Waals surface area contributed by atoms with Crippen LogP contribution in [0.5, 0.6) is 5.75 Å². The Bertz CT molecular complexity index is 1010. The summed E-state index contributed by atoms with van der Waals surface area (Å²) < 4.78 is 35.8. The van der Waals surface area contributed by atoms with E-state index in [2.05, 4.69) is 5.32 Å². The van der Waals surface area contributed by atoms with Gasteiger partial charge in [0.2, 0.25) is 10.0 Å². The van der Waals surface area contributed by atoms with E-state index in [4.69, 9.17) is 21.1 Å². The number of hydrogen-bond donors (Lipinski definition) is 1. The number of sulfonamides is 1. The van der Waals surface area contributed by atoms with Gasteiger partial charge in [-0.1, -0.05) is 11.6 Å². The van der Waals surface area contributed by atoms with Gasteiger partial charge in [0.25, 0.3) is 5.91 Å². The molecule has 1 amide bonds. The monoisotopic (exact) mass is 440 g/mol. The van der Waals surface area contributed by atoms with E-state index < -0.39 is 28.0 Å². The second kappa shape index (κ2) is 9.25. The van der Waals surface area contributed by atoms with E-state index in [9.17, 15) is 18.0 Å². The fourth-order valence-electron chi connectivity index (χ4n) is 2.23. The SMILES string of the molecule is COc1ccc(NC(=O)C(C)OC(=O)c2ccc(Cl)c(S(=O)(=O)N(C)C)c2)cc1. The molecule has 0 saturated heterocycles. The lowest BCUT2D eigenvalue weighted by molar-refractivity contribution is -0.123. The molecule has 29 heavy (non-hydrogen) atoms. The first-order valence-electron chi connectivity index (χ1n) is 8.44. The van der Waals surface area contributed by atoms with Crippen molar-refractivity contribution < 1.29 is 27.5 Å². The van der Waals surface area contributed by atoms with Gasteiger partial charge in [-0.3, -0.25) is 4.79 Å². The number of esters is 1. The molecule has 0 bridgehead atoms. The lowest BCUT2D eigenvalue weighted by Crippen LogP contribution is -2.30. The van der Waals surface area contributed by atoms with Gasteiger partial charge in [0, 0.05) is 19.8 Å². The third kappa shape index (κ3) is 5.47. The highest BCUT2D eigenvalue weighted by Crippen LogP contribution is 2.25. The fourth-order valence-corrected chi connectivity index (χ4v) is 3.62. The molecule has 0 radical (unpaired) electrons. The molecular formula is C19H21ClN2O6S. The van der Waals surface area contributed by atoms with Gasteiger partial charge in [-0.2, -0.15) is 0 Å². The van der Waals surface area contributed by atoms with Gasteiger partial charge < -0.3 is 14.8 Å². The molecule has 0 aromatic heterocycles. The van der Waals surface area contributed by atoms with Gasteiger partial charge in [-0.25, -0.2) is 17.5 Å². The Hall–Kier alpha value is -2.62. The normalized spacial score (nSPS) is 12.3. The molecule has 0 fully saturated rings. The van der Waals surface area contributed by atoms with Crippen molar-refractivity contribution in [1.29, 1.82) is 0 Å². The Balaban J connectivity index is 2.11. The molecule has 1 atom stereocenters. The van der Waals surface area contributed by atoms with Crippen LogP contribution >= 0.6 is 11.6 Å². The second-order valence-corrected chi connectivity index (χ2v) is 8.73. The summed E-state index contributed by atoms with van der Waals surface area (Å²) in [5.74, 6) is -0.762. The van der Waals surface area contributed by atoms with E-state index in [0.717, 1.165) is 10.4 Å². The average Bonchev–Trinajstić information content (AvgIpc) is 2.68. The number of carbonyl (C=O) groups is 2. The van der Waals surface area contributed by atoms with Crippen LogP contribution < -0.4 is 10.1 Å². The van der Waals surface area contributed by atoms with Crippen molar-refractivity contribution in [2.75, 3.05) is 26.5 Å². The van der Waals surface area contributed by atoms with Crippen LogP contribution in [0.15, 0.2) is 47.4 Å². The molecule has 1 N–H and O–H groups in total. The quantitative estimate of drug-likeness (QED) is 0.664. The summed E-state index contributed by atoms with van der Waals surface area (Å²) in [5, 5.41) is 2.59. The lowest BCUT2D eigenvalue weighted by atomic mass is 10.2. The van der Waals surface area contributed by atoms with Crippen LogP contribution in [0.4, 0.5) is 5.69 Å².